The van der Waals surface area contributed by atoms with Crippen molar-refractivity contribution in [2.24, 2.45) is 4.99 Å². The third-order valence-corrected chi connectivity index (χ3v) is 3.97. The third-order valence-electron chi connectivity index (χ3n) is 3.05. The predicted molar refractivity (Wildman–Crippen MR) is 84.3 cm³/mol. The molecule has 6 heteroatoms. The number of para-hydroxylation sites is 1. The number of aromatic nitrogens is 3. The lowest BCUT2D eigenvalue weighted by Gasteiger charge is -2.06. The van der Waals surface area contributed by atoms with Crippen molar-refractivity contribution >= 4 is 23.3 Å². The van der Waals surface area contributed by atoms with E-state index in [1.807, 2.05) is 31.2 Å². The molecule has 0 unspecified atom stereocenters. The summed E-state index contributed by atoms with van der Waals surface area (Å²) in [5.74, 6) is 2.03. The van der Waals surface area contributed by atoms with Crippen molar-refractivity contribution in [3.63, 3.8) is 0 Å². The highest BCUT2D eigenvalue weighted by Gasteiger charge is 2.20. The summed E-state index contributed by atoms with van der Waals surface area (Å²) in [6, 6.07) is 7.78. The summed E-state index contributed by atoms with van der Waals surface area (Å²) in [4.78, 5) is 8.92. The highest BCUT2D eigenvalue weighted by atomic mass is 32.2. The van der Waals surface area contributed by atoms with E-state index in [4.69, 9.17) is 4.74 Å². The van der Waals surface area contributed by atoms with Crippen LogP contribution in [-0.2, 0) is 0 Å². The summed E-state index contributed by atoms with van der Waals surface area (Å²) < 4.78 is 5.71. The maximum atomic E-state index is 5.71. The van der Waals surface area contributed by atoms with E-state index >= 15 is 0 Å². The highest BCUT2D eigenvalue weighted by Crippen LogP contribution is 2.36. The number of rotatable bonds is 4. The average molecular weight is 300 g/mol. The Hall–Kier alpha value is -1.95. The minimum Gasteiger partial charge on any atom is -0.422 e. The molecule has 21 heavy (non-hydrogen) atoms. The summed E-state index contributed by atoms with van der Waals surface area (Å²) in [5, 5.41) is 9.15. The molecule has 1 aromatic carbocycles. The molecule has 0 bridgehead atoms. The van der Waals surface area contributed by atoms with Crippen LogP contribution in [0.3, 0.4) is 0 Å². The van der Waals surface area contributed by atoms with E-state index < -0.39 is 0 Å². The average Bonchev–Trinajstić information content (AvgIpc) is 2.62. The first-order valence-corrected chi connectivity index (χ1v) is 7.96. The van der Waals surface area contributed by atoms with Crippen LogP contribution in [0.1, 0.15) is 26.7 Å². The number of thioether (sulfide) groups is 1. The molecular weight excluding hydrogens is 284 g/mol. The number of ether oxygens (including phenoxy) is 1. The SMILES string of the molecule is CCCCSc1nnc2c(n1)OC(C)=Nc1ccccc1-2. The zero-order valence-electron chi connectivity index (χ0n) is 12.0. The summed E-state index contributed by atoms with van der Waals surface area (Å²) in [5.41, 5.74) is 2.37. The Morgan fingerprint density at radius 2 is 2.05 bits per heavy atom. The largest absolute Gasteiger partial charge is 0.422 e. The van der Waals surface area contributed by atoms with Crippen LogP contribution in [0, 0.1) is 0 Å². The lowest BCUT2D eigenvalue weighted by Crippen LogP contribution is -2.06. The monoisotopic (exact) mass is 300 g/mol. The smallest absolute Gasteiger partial charge is 0.251 e. The van der Waals surface area contributed by atoms with Crippen LogP contribution < -0.4 is 4.74 Å². The normalized spacial score (nSPS) is 12.8. The van der Waals surface area contributed by atoms with Crippen molar-refractivity contribution in [2.45, 2.75) is 31.8 Å². The van der Waals surface area contributed by atoms with Gasteiger partial charge < -0.3 is 4.74 Å². The fraction of sp³-hybridized carbons (Fsp3) is 0.333. The molecule has 2 heterocycles. The van der Waals surface area contributed by atoms with Crippen LogP contribution in [0.25, 0.3) is 11.3 Å². The molecule has 0 saturated heterocycles. The Labute approximate surface area is 127 Å². The van der Waals surface area contributed by atoms with Gasteiger partial charge in [-0.3, -0.25) is 0 Å². The fourth-order valence-electron chi connectivity index (χ4n) is 2.01. The Morgan fingerprint density at radius 3 is 2.90 bits per heavy atom. The topological polar surface area (TPSA) is 60.3 Å². The van der Waals surface area contributed by atoms with Crippen molar-refractivity contribution in [3.05, 3.63) is 24.3 Å². The second-order valence-electron chi connectivity index (χ2n) is 4.70. The Kier molecular flexibility index (Phi) is 4.15. The van der Waals surface area contributed by atoms with E-state index in [0.29, 0.717) is 22.6 Å². The van der Waals surface area contributed by atoms with Crippen LogP contribution in [0.2, 0.25) is 0 Å². The highest BCUT2D eigenvalue weighted by molar-refractivity contribution is 7.99. The van der Waals surface area contributed by atoms with E-state index in [2.05, 4.69) is 27.1 Å². The van der Waals surface area contributed by atoms with Crippen molar-refractivity contribution in [2.75, 3.05) is 5.75 Å². The van der Waals surface area contributed by atoms with Gasteiger partial charge in [0.05, 0.1) is 5.69 Å². The molecule has 1 aromatic heterocycles. The summed E-state index contributed by atoms with van der Waals surface area (Å²) in [6.07, 6.45) is 2.29. The number of fused-ring (bicyclic) bond motifs is 3. The molecule has 0 atom stereocenters. The van der Waals surface area contributed by atoms with Gasteiger partial charge in [0, 0.05) is 18.2 Å². The molecule has 3 rings (SSSR count). The number of unbranched alkanes of at least 4 members (excludes halogenated alkanes) is 1. The quantitative estimate of drug-likeness (QED) is 0.633. The molecule has 0 radical (unpaired) electrons. The van der Waals surface area contributed by atoms with Gasteiger partial charge in [-0.15, -0.1) is 10.2 Å². The zero-order valence-corrected chi connectivity index (χ0v) is 12.9. The first-order chi connectivity index (χ1) is 10.3. The van der Waals surface area contributed by atoms with Crippen LogP contribution in [0.15, 0.2) is 34.4 Å². The molecule has 0 aliphatic carbocycles. The molecule has 0 N–H and O–H groups in total. The summed E-state index contributed by atoms with van der Waals surface area (Å²) >= 11 is 1.60. The second-order valence-corrected chi connectivity index (χ2v) is 5.76. The van der Waals surface area contributed by atoms with Crippen LogP contribution in [-0.4, -0.2) is 26.8 Å². The first kappa shape index (κ1) is 14.0. The molecule has 0 saturated carbocycles. The molecule has 5 nitrogen and oxygen atoms in total. The van der Waals surface area contributed by atoms with Crippen molar-refractivity contribution in [1.29, 1.82) is 0 Å². The van der Waals surface area contributed by atoms with E-state index in [1.165, 1.54) is 0 Å². The fourth-order valence-corrected chi connectivity index (χ4v) is 2.87. The van der Waals surface area contributed by atoms with Crippen LogP contribution in [0.4, 0.5) is 5.69 Å². The maximum absolute atomic E-state index is 5.71. The second kappa shape index (κ2) is 6.22. The van der Waals surface area contributed by atoms with Gasteiger partial charge in [0.1, 0.15) is 0 Å². The van der Waals surface area contributed by atoms with Gasteiger partial charge in [-0.1, -0.05) is 43.3 Å². The number of aliphatic imine (C=N–C) groups is 1. The summed E-state index contributed by atoms with van der Waals surface area (Å²) in [6.45, 7) is 3.98. The number of hydrogen-bond donors (Lipinski definition) is 0. The van der Waals surface area contributed by atoms with Crippen LogP contribution >= 0.6 is 11.8 Å². The zero-order chi connectivity index (χ0) is 14.7. The number of benzene rings is 1. The summed E-state index contributed by atoms with van der Waals surface area (Å²) in [7, 11) is 0. The Balaban J connectivity index is 1.98. The van der Waals surface area contributed by atoms with Gasteiger partial charge in [0.15, 0.2) is 11.6 Å². The maximum Gasteiger partial charge on any atom is 0.251 e. The first-order valence-electron chi connectivity index (χ1n) is 6.98. The van der Waals surface area contributed by atoms with Crippen LogP contribution in [0.5, 0.6) is 5.88 Å². The molecule has 0 amide bonds. The number of nitrogens with zero attached hydrogens (tertiary/aromatic N) is 4. The standard InChI is InChI=1S/C15H16N4OS/c1-3-4-9-21-15-17-14-13(18-19-15)11-7-5-6-8-12(11)16-10(2)20-14/h5-8H,3-4,9H2,1-2H3. The van der Waals surface area contributed by atoms with Gasteiger partial charge in [0.2, 0.25) is 5.16 Å². The van der Waals surface area contributed by atoms with Crippen molar-refractivity contribution < 1.29 is 4.74 Å². The minimum atomic E-state index is 0.482. The number of hydrogen-bond acceptors (Lipinski definition) is 6. The molecule has 2 aromatic rings. The Morgan fingerprint density at radius 1 is 1.19 bits per heavy atom. The van der Waals surface area contributed by atoms with Gasteiger partial charge in [-0.25, -0.2) is 4.99 Å². The van der Waals surface area contributed by atoms with Crippen molar-refractivity contribution in [3.8, 4) is 17.1 Å². The molecule has 0 fully saturated rings. The van der Waals surface area contributed by atoms with E-state index in [-0.39, 0.29) is 0 Å². The van der Waals surface area contributed by atoms with E-state index in [1.54, 1.807) is 11.8 Å². The molecule has 108 valence electrons. The molecular formula is C15H16N4OS. The molecule has 1 aliphatic rings. The third kappa shape index (κ3) is 3.05. The minimum absolute atomic E-state index is 0.482. The molecule has 0 spiro atoms. The van der Waals surface area contributed by atoms with Crippen molar-refractivity contribution in [1.82, 2.24) is 15.2 Å². The lowest BCUT2D eigenvalue weighted by atomic mass is 10.1. The predicted octanol–water partition coefficient (Wildman–Crippen LogP) is 3.87. The molecule has 1 aliphatic heterocycles. The lowest BCUT2D eigenvalue weighted by molar-refractivity contribution is 0.511. The van der Waals surface area contributed by atoms with Gasteiger partial charge in [-0.2, -0.15) is 4.98 Å². The van der Waals surface area contributed by atoms with Gasteiger partial charge in [0.25, 0.3) is 5.88 Å². The van der Waals surface area contributed by atoms with E-state index in [0.717, 1.165) is 29.8 Å². The Bertz CT molecular complexity index is 687. The van der Waals surface area contributed by atoms with Gasteiger partial charge in [-0.05, 0) is 12.5 Å². The van der Waals surface area contributed by atoms with Gasteiger partial charge >= 0.3 is 0 Å². The van der Waals surface area contributed by atoms with E-state index in [9.17, 15) is 0 Å².